The van der Waals surface area contributed by atoms with Crippen molar-refractivity contribution >= 4 is 33.4 Å². The van der Waals surface area contributed by atoms with Crippen molar-refractivity contribution < 1.29 is 13.2 Å². The van der Waals surface area contributed by atoms with Crippen molar-refractivity contribution in [1.82, 2.24) is 9.78 Å². The number of amides is 1. The van der Waals surface area contributed by atoms with Crippen LogP contribution in [-0.2, 0) is 14.8 Å². The van der Waals surface area contributed by atoms with E-state index in [1.165, 1.54) is 6.08 Å². The quantitative estimate of drug-likeness (QED) is 0.641. The van der Waals surface area contributed by atoms with Crippen LogP contribution in [0.2, 0.25) is 0 Å². The lowest BCUT2D eigenvalue weighted by atomic mass is 10.2. The zero-order valence-electron chi connectivity index (χ0n) is 14.5. The molecule has 7 nitrogen and oxygen atoms in total. The minimum absolute atomic E-state index is 0.304. The van der Waals surface area contributed by atoms with Crippen LogP contribution in [-0.4, -0.2) is 30.4 Å². The SMILES string of the molecule is CS(=O)(=O)Nc1ccccc1NC(=O)/C=C/c1cnn(-c2ccccc2)c1. The number of anilines is 2. The Kier molecular flexibility index (Phi) is 5.37. The van der Waals surface area contributed by atoms with E-state index in [-0.39, 0.29) is 5.91 Å². The minimum atomic E-state index is -3.44. The van der Waals surface area contributed by atoms with E-state index in [1.54, 1.807) is 47.4 Å². The molecule has 0 unspecified atom stereocenters. The number of nitrogens with one attached hydrogen (secondary N) is 2. The summed E-state index contributed by atoms with van der Waals surface area (Å²) in [6.45, 7) is 0. The number of hydrogen-bond donors (Lipinski definition) is 2. The van der Waals surface area contributed by atoms with Crippen LogP contribution in [0.25, 0.3) is 11.8 Å². The molecule has 0 atom stereocenters. The lowest BCUT2D eigenvalue weighted by molar-refractivity contribution is -0.111. The van der Waals surface area contributed by atoms with Gasteiger partial charge in [-0.15, -0.1) is 0 Å². The zero-order valence-corrected chi connectivity index (χ0v) is 15.3. The molecule has 0 bridgehead atoms. The van der Waals surface area contributed by atoms with Gasteiger partial charge in [0.1, 0.15) is 0 Å². The summed E-state index contributed by atoms with van der Waals surface area (Å²) in [5, 5.41) is 6.92. The molecule has 2 aromatic carbocycles. The Labute approximate surface area is 157 Å². The monoisotopic (exact) mass is 382 g/mol. The molecular formula is C19H18N4O3S. The third kappa shape index (κ3) is 5.29. The topological polar surface area (TPSA) is 93.1 Å². The van der Waals surface area contributed by atoms with E-state index in [0.29, 0.717) is 11.4 Å². The summed E-state index contributed by atoms with van der Waals surface area (Å²) in [6.07, 6.45) is 7.50. The molecule has 0 saturated heterocycles. The predicted octanol–water partition coefficient (Wildman–Crippen LogP) is 2.90. The van der Waals surface area contributed by atoms with E-state index in [2.05, 4.69) is 15.1 Å². The number of carbonyl (C=O) groups is 1. The van der Waals surface area contributed by atoms with E-state index in [4.69, 9.17) is 0 Å². The van der Waals surface area contributed by atoms with Crippen molar-refractivity contribution in [3.63, 3.8) is 0 Å². The molecule has 0 spiro atoms. The molecule has 0 fully saturated rings. The largest absolute Gasteiger partial charge is 0.321 e. The van der Waals surface area contributed by atoms with Gasteiger partial charge in [-0.05, 0) is 30.3 Å². The third-order valence-electron chi connectivity index (χ3n) is 3.53. The van der Waals surface area contributed by atoms with Crippen molar-refractivity contribution in [3.8, 4) is 5.69 Å². The van der Waals surface area contributed by atoms with E-state index in [1.807, 2.05) is 30.3 Å². The molecule has 3 aromatic rings. The van der Waals surface area contributed by atoms with E-state index in [9.17, 15) is 13.2 Å². The van der Waals surface area contributed by atoms with Gasteiger partial charge in [0.15, 0.2) is 0 Å². The molecule has 1 amide bonds. The summed E-state index contributed by atoms with van der Waals surface area (Å²) in [4.78, 5) is 12.2. The number of hydrogen-bond acceptors (Lipinski definition) is 4. The van der Waals surface area contributed by atoms with Gasteiger partial charge >= 0.3 is 0 Å². The van der Waals surface area contributed by atoms with Crippen LogP contribution >= 0.6 is 0 Å². The highest BCUT2D eigenvalue weighted by molar-refractivity contribution is 7.92. The number of carbonyl (C=O) groups excluding carboxylic acids is 1. The molecule has 0 aliphatic rings. The average molecular weight is 382 g/mol. The average Bonchev–Trinajstić information content (AvgIpc) is 3.10. The Hall–Kier alpha value is -3.39. The van der Waals surface area contributed by atoms with E-state index >= 15 is 0 Å². The molecule has 8 heteroatoms. The van der Waals surface area contributed by atoms with Gasteiger partial charge in [0.2, 0.25) is 15.9 Å². The number of para-hydroxylation sites is 3. The van der Waals surface area contributed by atoms with Crippen molar-refractivity contribution in [2.45, 2.75) is 0 Å². The van der Waals surface area contributed by atoms with Crippen LogP contribution < -0.4 is 10.0 Å². The zero-order chi connectivity index (χ0) is 19.3. The first-order valence-electron chi connectivity index (χ1n) is 8.07. The second-order valence-electron chi connectivity index (χ2n) is 5.80. The molecule has 1 aromatic heterocycles. The maximum atomic E-state index is 12.2. The number of sulfonamides is 1. The summed E-state index contributed by atoms with van der Waals surface area (Å²) >= 11 is 0. The first kappa shape index (κ1) is 18.4. The summed E-state index contributed by atoms with van der Waals surface area (Å²) in [5.41, 5.74) is 2.36. The normalized spacial score (nSPS) is 11.4. The number of benzene rings is 2. The number of rotatable bonds is 6. The standard InChI is InChI=1S/C19H18N4O3S/c1-27(25,26)22-18-10-6-5-9-17(18)21-19(24)12-11-15-13-20-23(14-15)16-7-3-2-4-8-16/h2-14,22H,1H3,(H,21,24)/b12-11+. The summed E-state index contributed by atoms with van der Waals surface area (Å²) in [6, 6.07) is 16.2. The third-order valence-corrected chi connectivity index (χ3v) is 4.12. The molecule has 138 valence electrons. The van der Waals surface area contributed by atoms with Gasteiger partial charge in [-0.1, -0.05) is 30.3 Å². The van der Waals surface area contributed by atoms with Crippen LogP contribution in [0.1, 0.15) is 5.56 Å². The number of nitrogens with zero attached hydrogens (tertiary/aromatic N) is 2. The van der Waals surface area contributed by atoms with Crippen LogP contribution in [0, 0.1) is 0 Å². The van der Waals surface area contributed by atoms with Gasteiger partial charge < -0.3 is 5.32 Å². The van der Waals surface area contributed by atoms with Gasteiger partial charge in [0.25, 0.3) is 0 Å². The summed E-state index contributed by atoms with van der Waals surface area (Å²) < 4.78 is 26.9. The summed E-state index contributed by atoms with van der Waals surface area (Å²) in [7, 11) is -3.44. The first-order chi connectivity index (χ1) is 12.9. The molecule has 0 radical (unpaired) electrons. The summed E-state index contributed by atoms with van der Waals surface area (Å²) in [5.74, 6) is -0.384. The van der Waals surface area contributed by atoms with E-state index in [0.717, 1.165) is 17.5 Å². The van der Waals surface area contributed by atoms with Crippen LogP contribution in [0.3, 0.4) is 0 Å². The van der Waals surface area contributed by atoms with Gasteiger partial charge in [0, 0.05) is 17.8 Å². The first-order valence-corrected chi connectivity index (χ1v) is 9.96. The highest BCUT2D eigenvalue weighted by Gasteiger charge is 2.08. The van der Waals surface area contributed by atoms with Gasteiger partial charge in [0.05, 0.1) is 29.5 Å². The Balaban J connectivity index is 1.69. The highest BCUT2D eigenvalue weighted by atomic mass is 32.2. The fourth-order valence-electron chi connectivity index (χ4n) is 2.37. The fraction of sp³-hybridized carbons (Fsp3) is 0.0526. The van der Waals surface area contributed by atoms with Gasteiger partial charge in [-0.2, -0.15) is 5.10 Å². The fourth-order valence-corrected chi connectivity index (χ4v) is 2.95. The lowest BCUT2D eigenvalue weighted by Gasteiger charge is -2.10. The predicted molar refractivity (Wildman–Crippen MR) is 106 cm³/mol. The smallest absolute Gasteiger partial charge is 0.248 e. The molecule has 1 heterocycles. The molecule has 0 aliphatic heterocycles. The van der Waals surface area contributed by atoms with Gasteiger partial charge in [-0.25, -0.2) is 13.1 Å². The van der Waals surface area contributed by atoms with Crippen LogP contribution in [0.4, 0.5) is 11.4 Å². The van der Waals surface area contributed by atoms with Crippen molar-refractivity contribution in [1.29, 1.82) is 0 Å². The molecule has 0 saturated carbocycles. The Morgan fingerprint density at radius 2 is 1.70 bits per heavy atom. The van der Waals surface area contributed by atoms with Crippen molar-refractivity contribution in [3.05, 3.63) is 78.6 Å². The lowest BCUT2D eigenvalue weighted by Crippen LogP contribution is -2.14. The van der Waals surface area contributed by atoms with E-state index < -0.39 is 10.0 Å². The van der Waals surface area contributed by atoms with Gasteiger partial charge in [-0.3, -0.25) is 9.52 Å². The second-order valence-corrected chi connectivity index (χ2v) is 7.54. The molecule has 27 heavy (non-hydrogen) atoms. The number of aromatic nitrogens is 2. The maximum Gasteiger partial charge on any atom is 0.248 e. The highest BCUT2D eigenvalue weighted by Crippen LogP contribution is 2.22. The maximum absolute atomic E-state index is 12.2. The molecule has 3 rings (SSSR count). The minimum Gasteiger partial charge on any atom is -0.321 e. The Bertz CT molecular complexity index is 1070. The molecule has 0 aliphatic carbocycles. The van der Waals surface area contributed by atoms with Crippen molar-refractivity contribution in [2.24, 2.45) is 0 Å². The molecule has 2 N–H and O–H groups in total. The van der Waals surface area contributed by atoms with Crippen LogP contribution in [0.5, 0.6) is 0 Å². The Morgan fingerprint density at radius 1 is 1.04 bits per heavy atom. The Morgan fingerprint density at radius 3 is 2.41 bits per heavy atom. The van der Waals surface area contributed by atoms with Crippen LogP contribution in [0.15, 0.2) is 73.1 Å². The second kappa shape index (κ2) is 7.88. The molecular weight excluding hydrogens is 364 g/mol. The van der Waals surface area contributed by atoms with Crippen molar-refractivity contribution in [2.75, 3.05) is 16.3 Å².